The molecule has 0 aliphatic carbocycles. The second kappa shape index (κ2) is 6.69. The fourth-order valence-electron chi connectivity index (χ4n) is 1.68. The topological polar surface area (TPSA) is 76.1 Å². The van der Waals surface area contributed by atoms with E-state index in [1.165, 1.54) is 0 Å². The van der Waals surface area contributed by atoms with Gasteiger partial charge >= 0.3 is 0 Å². The van der Waals surface area contributed by atoms with Crippen molar-refractivity contribution in [2.75, 3.05) is 12.4 Å². The van der Waals surface area contributed by atoms with Gasteiger partial charge in [0.25, 0.3) is 5.91 Å². The first-order valence-corrected chi connectivity index (χ1v) is 6.63. The largest absolute Gasteiger partial charge is 0.497 e. The molecule has 0 aliphatic heterocycles. The summed E-state index contributed by atoms with van der Waals surface area (Å²) in [5, 5.41) is 5.84. The van der Waals surface area contributed by atoms with Crippen molar-refractivity contribution in [3.8, 4) is 5.75 Å². The molecule has 1 aromatic carbocycles. The molecule has 2 aromatic rings. The van der Waals surface area contributed by atoms with E-state index in [0.29, 0.717) is 11.6 Å². The maximum atomic E-state index is 11.9. The van der Waals surface area contributed by atoms with Crippen molar-refractivity contribution in [2.24, 2.45) is 0 Å². The molecule has 1 heterocycles. The predicted molar refractivity (Wildman–Crippen MR) is 80.9 cm³/mol. The normalized spacial score (nSPS) is 10.3. The van der Waals surface area contributed by atoms with Crippen molar-refractivity contribution in [3.63, 3.8) is 0 Å². The minimum absolute atomic E-state index is 0.0606. The van der Waals surface area contributed by atoms with Gasteiger partial charge in [-0.25, -0.2) is 9.97 Å². The summed E-state index contributed by atoms with van der Waals surface area (Å²) in [5.74, 6) is 0.924. The molecule has 0 atom stereocenters. The van der Waals surface area contributed by atoms with Crippen LogP contribution in [0, 0.1) is 0 Å². The fraction of sp³-hybridized carbons (Fsp3) is 0.267. The molecule has 2 rings (SSSR count). The zero-order chi connectivity index (χ0) is 15.2. The number of aromatic nitrogens is 2. The number of ether oxygens (including phenoxy) is 1. The molecule has 0 aliphatic rings. The van der Waals surface area contributed by atoms with Crippen molar-refractivity contribution < 1.29 is 9.53 Å². The van der Waals surface area contributed by atoms with E-state index in [4.69, 9.17) is 4.74 Å². The Morgan fingerprint density at radius 3 is 2.52 bits per heavy atom. The van der Waals surface area contributed by atoms with Crippen LogP contribution in [0.4, 0.5) is 11.6 Å². The highest BCUT2D eigenvalue weighted by molar-refractivity contribution is 5.92. The van der Waals surface area contributed by atoms with E-state index in [9.17, 15) is 4.79 Å². The molecule has 0 saturated carbocycles. The van der Waals surface area contributed by atoms with E-state index in [-0.39, 0.29) is 11.9 Å². The van der Waals surface area contributed by atoms with Crippen LogP contribution in [0.15, 0.2) is 36.5 Å². The van der Waals surface area contributed by atoms with Crippen LogP contribution in [0.25, 0.3) is 0 Å². The first-order chi connectivity index (χ1) is 10.1. The van der Waals surface area contributed by atoms with Gasteiger partial charge < -0.3 is 15.4 Å². The van der Waals surface area contributed by atoms with Crippen molar-refractivity contribution >= 4 is 17.5 Å². The molecule has 1 amide bonds. The van der Waals surface area contributed by atoms with Gasteiger partial charge in [0.15, 0.2) is 0 Å². The van der Waals surface area contributed by atoms with Gasteiger partial charge in [-0.3, -0.25) is 4.79 Å². The maximum Gasteiger partial charge on any atom is 0.270 e. The van der Waals surface area contributed by atoms with Crippen LogP contribution in [0.1, 0.15) is 24.3 Å². The number of benzene rings is 1. The first kappa shape index (κ1) is 14.8. The summed E-state index contributed by atoms with van der Waals surface area (Å²) in [6, 6.07) is 9.00. The Kier molecular flexibility index (Phi) is 4.71. The molecule has 0 radical (unpaired) electrons. The molecule has 0 fully saturated rings. The number of nitrogens with one attached hydrogen (secondary N) is 2. The molecule has 1 aromatic heterocycles. The quantitative estimate of drug-likeness (QED) is 0.882. The van der Waals surface area contributed by atoms with Gasteiger partial charge in [-0.05, 0) is 44.2 Å². The predicted octanol–water partition coefficient (Wildman–Crippen LogP) is 2.37. The number of rotatable bonds is 5. The molecule has 2 N–H and O–H groups in total. The zero-order valence-corrected chi connectivity index (χ0v) is 12.3. The Balaban J connectivity index is 2.11. The summed E-state index contributed by atoms with van der Waals surface area (Å²) < 4.78 is 5.09. The lowest BCUT2D eigenvalue weighted by molar-refractivity contribution is 0.0938. The van der Waals surface area contributed by atoms with Gasteiger partial charge in [0.1, 0.15) is 11.4 Å². The SMILES string of the molecule is COc1ccc(Nc2nccc(C(=O)NC(C)C)n2)cc1. The van der Waals surface area contributed by atoms with E-state index in [1.54, 1.807) is 19.4 Å². The number of methoxy groups -OCH3 is 1. The molecule has 0 saturated heterocycles. The lowest BCUT2D eigenvalue weighted by Crippen LogP contribution is -2.30. The average Bonchev–Trinajstić information content (AvgIpc) is 2.47. The van der Waals surface area contributed by atoms with Crippen LogP contribution in [0.5, 0.6) is 5.75 Å². The third-order valence-electron chi connectivity index (χ3n) is 2.65. The van der Waals surface area contributed by atoms with E-state index in [2.05, 4.69) is 20.6 Å². The van der Waals surface area contributed by atoms with E-state index < -0.39 is 0 Å². The Bertz CT molecular complexity index is 611. The molecule has 6 nitrogen and oxygen atoms in total. The van der Waals surface area contributed by atoms with Crippen LogP contribution in [-0.2, 0) is 0 Å². The van der Waals surface area contributed by atoms with Gasteiger partial charge in [0, 0.05) is 17.9 Å². The number of nitrogens with zero attached hydrogens (tertiary/aromatic N) is 2. The number of amides is 1. The third kappa shape index (κ3) is 4.17. The maximum absolute atomic E-state index is 11.9. The highest BCUT2D eigenvalue weighted by atomic mass is 16.5. The van der Waals surface area contributed by atoms with Crippen LogP contribution >= 0.6 is 0 Å². The molecule has 0 unspecified atom stereocenters. The summed E-state index contributed by atoms with van der Waals surface area (Å²) in [4.78, 5) is 20.2. The summed E-state index contributed by atoms with van der Waals surface area (Å²) in [5.41, 5.74) is 1.15. The summed E-state index contributed by atoms with van der Waals surface area (Å²) >= 11 is 0. The molecular weight excluding hydrogens is 268 g/mol. The number of hydrogen-bond acceptors (Lipinski definition) is 5. The van der Waals surface area contributed by atoms with Gasteiger partial charge in [0.05, 0.1) is 7.11 Å². The summed E-state index contributed by atoms with van der Waals surface area (Å²) in [7, 11) is 1.61. The van der Waals surface area contributed by atoms with Crippen LogP contribution in [0.3, 0.4) is 0 Å². The highest BCUT2D eigenvalue weighted by Gasteiger charge is 2.09. The third-order valence-corrected chi connectivity index (χ3v) is 2.65. The summed E-state index contributed by atoms with van der Waals surface area (Å²) in [6.45, 7) is 3.80. The van der Waals surface area contributed by atoms with Gasteiger partial charge in [-0.15, -0.1) is 0 Å². The molecule has 110 valence electrons. The standard InChI is InChI=1S/C15H18N4O2/c1-10(2)17-14(20)13-8-9-16-15(19-13)18-11-4-6-12(21-3)7-5-11/h4-10H,1-3H3,(H,17,20)(H,16,18,19). The molecule has 6 heteroatoms. The van der Waals surface area contributed by atoms with Gasteiger partial charge in [-0.2, -0.15) is 0 Å². The van der Waals surface area contributed by atoms with E-state index >= 15 is 0 Å². The van der Waals surface area contributed by atoms with Gasteiger partial charge in [-0.1, -0.05) is 0 Å². The lowest BCUT2D eigenvalue weighted by atomic mass is 10.3. The van der Waals surface area contributed by atoms with Crippen LogP contribution < -0.4 is 15.4 Å². The fourth-order valence-corrected chi connectivity index (χ4v) is 1.68. The minimum Gasteiger partial charge on any atom is -0.497 e. The lowest BCUT2D eigenvalue weighted by Gasteiger charge is -2.09. The van der Waals surface area contributed by atoms with Crippen molar-refractivity contribution in [2.45, 2.75) is 19.9 Å². The molecular formula is C15H18N4O2. The number of anilines is 2. The second-order valence-corrected chi connectivity index (χ2v) is 4.75. The van der Waals surface area contributed by atoms with Crippen LogP contribution in [-0.4, -0.2) is 29.0 Å². The summed E-state index contributed by atoms with van der Waals surface area (Å²) in [6.07, 6.45) is 1.55. The first-order valence-electron chi connectivity index (χ1n) is 6.63. The second-order valence-electron chi connectivity index (χ2n) is 4.75. The molecule has 0 bridgehead atoms. The number of carbonyl (C=O) groups is 1. The van der Waals surface area contributed by atoms with Crippen molar-refractivity contribution in [1.29, 1.82) is 0 Å². The smallest absolute Gasteiger partial charge is 0.270 e. The van der Waals surface area contributed by atoms with E-state index in [0.717, 1.165) is 11.4 Å². The zero-order valence-electron chi connectivity index (χ0n) is 12.3. The Hall–Kier alpha value is -2.63. The molecule has 0 spiro atoms. The highest BCUT2D eigenvalue weighted by Crippen LogP contribution is 2.17. The van der Waals surface area contributed by atoms with E-state index in [1.807, 2.05) is 38.1 Å². The Morgan fingerprint density at radius 1 is 1.19 bits per heavy atom. The Morgan fingerprint density at radius 2 is 1.90 bits per heavy atom. The monoisotopic (exact) mass is 286 g/mol. The van der Waals surface area contributed by atoms with Crippen LogP contribution in [0.2, 0.25) is 0 Å². The number of carbonyl (C=O) groups excluding carboxylic acids is 1. The van der Waals surface area contributed by atoms with Crippen molar-refractivity contribution in [1.82, 2.24) is 15.3 Å². The molecule has 21 heavy (non-hydrogen) atoms. The Labute approximate surface area is 123 Å². The minimum atomic E-state index is -0.217. The van der Waals surface area contributed by atoms with Crippen molar-refractivity contribution in [3.05, 3.63) is 42.2 Å². The van der Waals surface area contributed by atoms with Gasteiger partial charge in [0.2, 0.25) is 5.95 Å². The number of hydrogen-bond donors (Lipinski definition) is 2. The average molecular weight is 286 g/mol.